The van der Waals surface area contributed by atoms with Crippen molar-refractivity contribution in [2.45, 2.75) is 5.60 Å². The molecule has 3 aromatic rings. The highest BCUT2D eigenvalue weighted by Gasteiger charge is 2.39. The van der Waals surface area contributed by atoms with Crippen molar-refractivity contribution in [2.75, 3.05) is 0 Å². The Morgan fingerprint density at radius 2 is 1.35 bits per heavy atom. The first-order chi connectivity index (χ1) is 12.6. The van der Waals surface area contributed by atoms with Crippen LogP contribution in [0.3, 0.4) is 0 Å². The summed E-state index contributed by atoms with van der Waals surface area (Å²) < 4.78 is 0. The Bertz CT molecular complexity index is 852. The van der Waals surface area contributed by atoms with E-state index in [1.54, 1.807) is 60.7 Å². The molecule has 0 aliphatic heterocycles. The highest BCUT2D eigenvalue weighted by molar-refractivity contribution is 5.91. The van der Waals surface area contributed by atoms with Gasteiger partial charge in [-0.15, -0.1) is 0 Å². The van der Waals surface area contributed by atoms with Gasteiger partial charge in [0.25, 0.3) is 5.91 Å². The van der Waals surface area contributed by atoms with Crippen molar-refractivity contribution < 1.29 is 15.0 Å². The first kappa shape index (κ1) is 17.4. The van der Waals surface area contributed by atoms with Gasteiger partial charge in [0.2, 0.25) is 0 Å². The molecular formula is C21H18N2O3. The number of carbonyl (C=O) groups is 1. The Balaban J connectivity index is 1.87. The van der Waals surface area contributed by atoms with Crippen LogP contribution in [0, 0.1) is 0 Å². The molecule has 130 valence electrons. The predicted octanol–water partition coefficient (Wildman–Crippen LogP) is 2.78. The molecule has 5 heteroatoms. The van der Waals surface area contributed by atoms with Gasteiger partial charge in [0.15, 0.2) is 5.60 Å². The molecule has 0 heterocycles. The third-order valence-electron chi connectivity index (χ3n) is 3.98. The van der Waals surface area contributed by atoms with Gasteiger partial charge < -0.3 is 10.2 Å². The third-order valence-corrected chi connectivity index (χ3v) is 3.98. The first-order valence-corrected chi connectivity index (χ1v) is 8.06. The average molecular weight is 346 g/mol. The van der Waals surface area contributed by atoms with Crippen molar-refractivity contribution in [1.29, 1.82) is 0 Å². The summed E-state index contributed by atoms with van der Waals surface area (Å²) in [4.78, 5) is 12.8. The van der Waals surface area contributed by atoms with E-state index in [0.29, 0.717) is 16.7 Å². The van der Waals surface area contributed by atoms with Crippen molar-refractivity contribution in [2.24, 2.45) is 5.10 Å². The molecule has 0 saturated carbocycles. The largest absolute Gasteiger partial charge is 0.508 e. The average Bonchev–Trinajstić information content (AvgIpc) is 2.70. The fourth-order valence-corrected chi connectivity index (χ4v) is 2.59. The second-order valence-corrected chi connectivity index (χ2v) is 5.73. The first-order valence-electron chi connectivity index (χ1n) is 8.06. The lowest BCUT2D eigenvalue weighted by atomic mass is 9.85. The maximum atomic E-state index is 12.8. The molecule has 0 unspecified atom stereocenters. The van der Waals surface area contributed by atoms with E-state index in [4.69, 9.17) is 0 Å². The minimum atomic E-state index is -1.87. The molecule has 3 rings (SSSR count). The molecule has 0 aliphatic rings. The van der Waals surface area contributed by atoms with Crippen LogP contribution in [0.25, 0.3) is 0 Å². The molecule has 1 amide bonds. The molecule has 3 N–H and O–H groups in total. The van der Waals surface area contributed by atoms with Crippen LogP contribution >= 0.6 is 0 Å². The van der Waals surface area contributed by atoms with Gasteiger partial charge >= 0.3 is 0 Å². The summed E-state index contributed by atoms with van der Waals surface area (Å²) in [5, 5.41) is 24.4. The monoisotopic (exact) mass is 346 g/mol. The van der Waals surface area contributed by atoms with Crippen LogP contribution < -0.4 is 5.43 Å². The smallest absolute Gasteiger partial charge is 0.281 e. The van der Waals surface area contributed by atoms with E-state index in [9.17, 15) is 15.0 Å². The number of hydrogen-bond acceptors (Lipinski definition) is 4. The molecule has 0 aromatic heterocycles. The summed E-state index contributed by atoms with van der Waals surface area (Å²) in [7, 11) is 0. The van der Waals surface area contributed by atoms with Crippen molar-refractivity contribution in [3.63, 3.8) is 0 Å². The number of aromatic hydroxyl groups is 1. The number of hydrogen-bond donors (Lipinski definition) is 3. The predicted molar refractivity (Wildman–Crippen MR) is 99.7 cm³/mol. The number of carbonyl (C=O) groups excluding carboxylic acids is 1. The van der Waals surface area contributed by atoms with Crippen molar-refractivity contribution >= 4 is 12.1 Å². The summed E-state index contributed by atoms with van der Waals surface area (Å²) in [6.07, 6.45) is 1.44. The molecule has 0 saturated heterocycles. The fourth-order valence-electron chi connectivity index (χ4n) is 2.59. The lowest BCUT2D eigenvalue weighted by Crippen LogP contribution is -2.43. The van der Waals surface area contributed by atoms with Crippen LogP contribution in [0.1, 0.15) is 16.7 Å². The van der Waals surface area contributed by atoms with Gasteiger partial charge in [-0.3, -0.25) is 4.79 Å². The molecule has 5 nitrogen and oxygen atoms in total. The van der Waals surface area contributed by atoms with Crippen LogP contribution in [0.15, 0.2) is 90.0 Å². The van der Waals surface area contributed by atoms with Crippen molar-refractivity contribution in [1.82, 2.24) is 5.43 Å². The number of benzene rings is 3. The highest BCUT2D eigenvalue weighted by atomic mass is 16.3. The van der Waals surface area contributed by atoms with E-state index in [1.807, 2.05) is 12.1 Å². The fraction of sp³-hybridized carbons (Fsp3) is 0.0476. The van der Waals surface area contributed by atoms with Gasteiger partial charge in [-0.1, -0.05) is 60.7 Å². The normalized spacial score (nSPS) is 11.4. The zero-order valence-electron chi connectivity index (χ0n) is 13.9. The number of nitrogens with zero attached hydrogens (tertiary/aromatic N) is 1. The van der Waals surface area contributed by atoms with Crippen LogP contribution in [-0.4, -0.2) is 22.3 Å². The number of phenolic OH excluding ortho intramolecular Hbond substituents is 1. The Labute approximate surface area is 151 Å². The second-order valence-electron chi connectivity index (χ2n) is 5.73. The number of nitrogens with one attached hydrogen (secondary N) is 1. The lowest BCUT2D eigenvalue weighted by Gasteiger charge is -2.27. The number of aliphatic hydroxyl groups is 1. The Kier molecular flexibility index (Phi) is 5.10. The van der Waals surface area contributed by atoms with Crippen molar-refractivity contribution in [3.8, 4) is 5.75 Å². The van der Waals surface area contributed by atoms with Gasteiger partial charge in [-0.05, 0) is 41.0 Å². The summed E-state index contributed by atoms with van der Waals surface area (Å²) in [5.74, 6) is -0.515. The molecule has 3 aromatic carbocycles. The van der Waals surface area contributed by atoms with E-state index in [1.165, 1.54) is 18.3 Å². The SMILES string of the molecule is O=C(N/N=C/c1ccc(O)cc1)C(O)(c1ccccc1)c1ccccc1. The van der Waals surface area contributed by atoms with Gasteiger partial charge in [-0.2, -0.15) is 5.10 Å². The summed E-state index contributed by atoms with van der Waals surface area (Å²) in [6, 6.07) is 23.8. The molecular weight excluding hydrogens is 328 g/mol. The maximum Gasteiger partial charge on any atom is 0.281 e. The summed E-state index contributed by atoms with van der Waals surface area (Å²) in [6.45, 7) is 0. The standard InChI is InChI=1S/C21H18N2O3/c24-19-13-11-16(12-14-19)15-22-23-20(25)21(26,17-7-3-1-4-8-17)18-9-5-2-6-10-18/h1-15,24,26H,(H,23,25)/b22-15+. The summed E-state index contributed by atoms with van der Waals surface area (Å²) in [5.41, 5.74) is 2.13. The molecule has 0 aliphatic carbocycles. The number of rotatable bonds is 5. The lowest BCUT2D eigenvalue weighted by molar-refractivity contribution is -0.136. The minimum absolute atomic E-state index is 0.147. The maximum absolute atomic E-state index is 12.8. The zero-order valence-corrected chi connectivity index (χ0v) is 13.9. The quantitative estimate of drug-likeness (QED) is 0.491. The Morgan fingerprint density at radius 3 is 1.85 bits per heavy atom. The zero-order chi connectivity index (χ0) is 18.4. The Morgan fingerprint density at radius 1 is 0.846 bits per heavy atom. The summed E-state index contributed by atoms with van der Waals surface area (Å²) >= 11 is 0. The number of hydrazone groups is 1. The van der Waals surface area contributed by atoms with E-state index in [-0.39, 0.29) is 5.75 Å². The third kappa shape index (κ3) is 3.63. The van der Waals surface area contributed by atoms with E-state index in [0.717, 1.165) is 0 Å². The van der Waals surface area contributed by atoms with Gasteiger partial charge in [0, 0.05) is 0 Å². The van der Waals surface area contributed by atoms with Gasteiger partial charge in [0.05, 0.1) is 6.21 Å². The van der Waals surface area contributed by atoms with E-state index < -0.39 is 11.5 Å². The van der Waals surface area contributed by atoms with Crippen LogP contribution in [0.5, 0.6) is 5.75 Å². The Hall–Kier alpha value is -3.44. The second kappa shape index (κ2) is 7.63. The highest BCUT2D eigenvalue weighted by Crippen LogP contribution is 2.29. The topological polar surface area (TPSA) is 81.9 Å². The van der Waals surface area contributed by atoms with Crippen LogP contribution in [0.2, 0.25) is 0 Å². The molecule has 0 radical (unpaired) electrons. The molecule has 0 bridgehead atoms. The molecule has 0 spiro atoms. The van der Waals surface area contributed by atoms with Crippen LogP contribution in [0.4, 0.5) is 0 Å². The molecule has 0 fully saturated rings. The van der Waals surface area contributed by atoms with Crippen molar-refractivity contribution in [3.05, 3.63) is 102 Å². The number of phenols is 1. The van der Waals surface area contributed by atoms with Gasteiger partial charge in [-0.25, -0.2) is 5.43 Å². The minimum Gasteiger partial charge on any atom is -0.508 e. The molecule has 0 atom stereocenters. The van der Waals surface area contributed by atoms with E-state index >= 15 is 0 Å². The van der Waals surface area contributed by atoms with E-state index in [2.05, 4.69) is 10.5 Å². The molecule has 26 heavy (non-hydrogen) atoms. The number of amides is 1. The van der Waals surface area contributed by atoms with Gasteiger partial charge in [0.1, 0.15) is 5.75 Å². The van der Waals surface area contributed by atoms with Crippen LogP contribution in [-0.2, 0) is 10.4 Å².